The summed E-state index contributed by atoms with van der Waals surface area (Å²) in [7, 11) is 1.57. The Kier molecular flexibility index (Phi) is 5.55. The van der Waals surface area contributed by atoms with Gasteiger partial charge in [-0.05, 0) is 50.2 Å². The summed E-state index contributed by atoms with van der Waals surface area (Å²) in [6.45, 7) is 3.80. The summed E-state index contributed by atoms with van der Waals surface area (Å²) >= 11 is 0. The number of aromatic amines is 1. The van der Waals surface area contributed by atoms with Crippen molar-refractivity contribution in [1.82, 2.24) is 24.8 Å². The van der Waals surface area contributed by atoms with E-state index in [9.17, 15) is 14.7 Å². The van der Waals surface area contributed by atoms with Crippen LogP contribution in [0.2, 0.25) is 0 Å². The second-order valence-electron chi connectivity index (χ2n) is 7.52. The Balaban J connectivity index is 1.57. The Morgan fingerprint density at radius 1 is 1.06 bits per heavy atom. The number of phenolic OH excluding ortho intramolecular Hbond substituents is 1. The highest BCUT2D eigenvalue weighted by Gasteiger charge is 2.18. The zero-order chi connectivity index (χ0) is 22.8. The number of carbonyl (C=O) groups is 1. The molecule has 9 nitrogen and oxygen atoms in total. The van der Waals surface area contributed by atoms with Gasteiger partial charge in [-0.2, -0.15) is 0 Å². The lowest BCUT2D eigenvalue weighted by Crippen LogP contribution is -2.28. The zero-order valence-electron chi connectivity index (χ0n) is 17.9. The molecule has 9 heteroatoms. The van der Waals surface area contributed by atoms with Gasteiger partial charge in [0.15, 0.2) is 0 Å². The Labute approximate surface area is 183 Å². The maximum atomic E-state index is 13.0. The molecule has 0 saturated heterocycles. The van der Waals surface area contributed by atoms with E-state index in [2.05, 4.69) is 25.3 Å². The number of fused-ring (bicyclic) bond motifs is 1. The van der Waals surface area contributed by atoms with Gasteiger partial charge in [0.1, 0.15) is 11.6 Å². The highest BCUT2D eigenvalue weighted by Crippen LogP contribution is 2.25. The highest BCUT2D eigenvalue weighted by atomic mass is 16.3. The molecule has 0 aliphatic carbocycles. The molecule has 0 atom stereocenters. The SMILES string of the molecule is Cc1cc(C)nc(Nc2ccc(O)c(C(=O)N(C)Cc3nc4ccccc4c(=O)[nH]3)c2)n1. The third kappa shape index (κ3) is 4.41. The van der Waals surface area contributed by atoms with Gasteiger partial charge in [0, 0.05) is 24.1 Å². The monoisotopic (exact) mass is 430 g/mol. The third-order valence-electron chi connectivity index (χ3n) is 4.86. The van der Waals surface area contributed by atoms with E-state index in [4.69, 9.17) is 0 Å². The maximum Gasteiger partial charge on any atom is 0.258 e. The van der Waals surface area contributed by atoms with Crippen LogP contribution in [0.25, 0.3) is 10.9 Å². The minimum atomic E-state index is -0.428. The number of rotatable bonds is 5. The highest BCUT2D eigenvalue weighted by molar-refractivity contribution is 5.97. The summed E-state index contributed by atoms with van der Waals surface area (Å²) in [5.41, 5.74) is 2.56. The first kappa shape index (κ1) is 21.0. The third-order valence-corrected chi connectivity index (χ3v) is 4.86. The smallest absolute Gasteiger partial charge is 0.258 e. The Hall–Kier alpha value is -4.27. The average molecular weight is 430 g/mol. The van der Waals surface area contributed by atoms with E-state index in [-0.39, 0.29) is 23.4 Å². The van der Waals surface area contributed by atoms with Gasteiger partial charge < -0.3 is 20.3 Å². The van der Waals surface area contributed by atoms with E-state index in [1.165, 1.54) is 17.0 Å². The fourth-order valence-electron chi connectivity index (χ4n) is 3.41. The lowest BCUT2D eigenvalue weighted by atomic mass is 10.1. The van der Waals surface area contributed by atoms with Gasteiger partial charge in [-0.15, -0.1) is 0 Å². The Morgan fingerprint density at radius 3 is 2.53 bits per heavy atom. The van der Waals surface area contributed by atoms with Gasteiger partial charge in [0.25, 0.3) is 11.5 Å². The van der Waals surface area contributed by atoms with Crippen molar-refractivity contribution in [2.45, 2.75) is 20.4 Å². The Bertz CT molecular complexity index is 1360. The summed E-state index contributed by atoms with van der Waals surface area (Å²) < 4.78 is 0. The quantitative estimate of drug-likeness (QED) is 0.416. The number of hydrogen-bond donors (Lipinski definition) is 3. The van der Waals surface area contributed by atoms with Crippen LogP contribution in [0, 0.1) is 13.8 Å². The van der Waals surface area contributed by atoms with Gasteiger partial charge in [-0.3, -0.25) is 9.59 Å². The molecule has 2 heterocycles. The van der Waals surface area contributed by atoms with Crippen molar-refractivity contribution in [2.75, 3.05) is 12.4 Å². The summed E-state index contributed by atoms with van der Waals surface area (Å²) in [6, 6.07) is 13.5. The van der Waals surface area contributed by atoms with Gasteiger partial charge >= 0.3 is 0 Å². The molecule has 2 aromatic carbocycles. The average Bonchev–Trinajstić information content (AvgIpc) is 2.74. The second kappa shape index (κ2) is 8.46. The number of benzene rings is 2. The molecule has 0 fully saturated rings. The standard InChI is InChI=1S/C23H22N6O3/c1-13-10-14(2)25-23(24-13)26-15-8-9-19(30)17(11-15)22(32)29(3)12-20-27-18-7-5-4-6-16(18)21(31)28-20/h4-11,30H,12H2,1-3H3,(H,24,25,26)(H,27,28,31). The number of aryl methyl sites for hydroxylation is 2. The molecule has 3 N–H and O–H groups in total. The van der Waals surface area contributed by atoms with Crippen LogP contribution in [0.4, 0.5) is 11.6 Å². The number of nitrogens with zero attached hydrogens (tertiary/aromatic N) is 4. The summed E-state index contributed by atoms with van der Waals surface area (Å²) in [5.74, 6) is 0.164. The molecule has 4 aromatic rings. The molecule has 0 spiro atoms. The minimum Gasteiger partial charge on any atom is -0.507 e. The van der Waals surface area contributed by atoms with E-state index in [1.807, 2.05) is 19.9 Å². The van der Waals surface area contributed by atoms with E-state index in [1.54, 1.807) is 37.4 Å². The molecule has 0 radical (unpaired) electrons. The summed E-state index contributed by atoms with van der Waals surface area (Å²) in [5, 5.41) is 13.8. The van der Waals surface area contributed by atoms with Crippen molar-refractivity contribution in [3.8, 4) is 5.75 Å². The van der Waals surface area contributed by atoms with Crippen LogP contribution in [0.3, 0.4) is 0 Å². The summed E-state index contributed by atoms with van der Waals surface area (Å²) in [4.78, 5) is 42.5. The first-order valence-electron chi connectivity index (χ1n) is 9.96. The van der Waals surface area contributed by atoms with Crippen LogP contribution in [0.5, 0.6) is 5.75 Å². The largest absolute Gasteiger partial charge is 0.507 e. The van der Waals surface area contributed by atoms with E-state index in [0.717, 1.165) is 11.4 Å². The number of hydrogen-bond acceptors (Lipinski definition) is 7. The van der Waals surface area contributed by atoms with Gasteiger partial charge in [-0.1, -0.05) is 12.1 Å². The molecule has 0 bridgehead atoms. The minimum absolute atomic E-state index is 0.0657. The van der Waals surface area contributed by atoms with Crippen molar-refractivity contribution in [2.24, 2.45) is 0 Å². The number of aromatic nitrogens is 4. The van der Waals surface area contributed by atoms with Crippen molar-refractivity contribution >= 4 is 28.4 Å². The number of carbonyl (C=O) groups excluding carboxylic acids is 1. The summed E-state index contributed by atoms with van der Waals surface area (Å²) in [6.07, 6.45) is 0. The number of aromatic hydroxyl groups is 1. The number of phenols is 1. The van der Waals surface area contributed by atoms with Crippen LogP contribution < -0.4 is 10.9 Å². The predicted molar refractivity (Wildman–Crippen MR) is 121 cm³/mol. The number of nitrogens with one attached hydrogen (secondary N) is 2. The molecule has 2 aromatic heterocycles. The number of amides is 1. The topological polar surface area (TPSA) is 124 Å². The molecule has 0 aliphatic rings. The number of para-hydroxylation sites is 1. The molecule has 32 heavy (non-hydrogen) atoms. The van der Waals surface area contributed by atoms with Gasteiger partial charge in [-0.25, -0.2) is 15.0 Å². The molecule has 4 rings (SSSR count). The molecule has 162 valence electrons. The first-order chi connectivity index (χ1) is 15.3. The lowest BCUT2D eigenvalue weighted by Gasteiger charge is -2.18. The van der Waals surface area contributed by atoms with Crippen LogP contribution in [-0.2, 0) is 6.54 Å². The van der Waals surface area contributed by atoms with Gasteiger partial charge in [0.05, 0.1) is 23.0 Å². The second-order valence-corrected chi connectivity index (χ2v) is 7.52. The molecule has 0 aliphatic heterocycles. The van der Waals surface area contributed by atoms with Crippen LogP contribution in [0.15, 0.2) is 53.3 Å². The normalized spacial score (nSPS) is 10.8. The fourth-order valence-corrected chi connectivity index (χ4v) is 3.41. The lowest BCUT2D eigenvalue weighted by molar-refractivity contribution is 0.0778. The van der Waals surface area contributed by atoms with Crippen molar-refractivity contribution in [1.29, 1.82) is 0 Å². The van der Waals surface area contributed by atoms with Crippen LogP contribution in [-0.4, -0.2) is 42.9 Å². The van der Waals surface area contributed by atoms with Crippen molar-refractivity contribution < 1.29 is 9.90 Å². The van der Waals surface area contributed by atoms with Crippen LogP contribution >= 0.6 is 0 Å². The van der Waals surface area contributed by atoms with E-state index < -0.39 is 5.91 Å². The molecule has 0 saturated carbocycles. The maximum absolute atomic E-state index is 13.0. The molecular weight excluding hydrogens is 408 g/mol. The van der Waals surface area contributed by atoms with Gasteiger partial charge in [0.2, 0.25) is 5.95 Å². The predicted octanol–water partition coefficient (Wildman–Crippen LogP) is 3.05. The van der Waals surface area contributed by atoms with Crippen LogP contribution in [0.1, 0.15) is 27.6 Å². The molecule has 1 amide bonds. The van der Waals surface area contributed by atoms with Crippen molar-refractivity contribution in [3.05, 3.63) is 81.7 Å². The van der Waals surface area contributed by atoms with Crippen molar-refractivity contribution in [3.63, 3.8) is 0 Å². The number of anilines is 2. The van der Waals surface area contributed by atoms with E-state index >= 15 is 0 Å². The zero-order valence-corrected chi connectivity index (χ0v) is 17.9. The molecular formula is C23H22N6O3. The molecule has 0 unspecified atom stereocenters. The first-order valence-corrected chi connectivity index (χ1v) is 9.96. The Morgan fingerprint density at radius 2 is 1.78 bits per heavy atom. The van der Waals surface area contributed by atoms with E-state index in [0.29, 0.717) is 28.4 Å². The number of H-pyrrole nitrogens is 1. The fraction of sp³-hybridized carbons (Fsp3) is 0.174.